The number of halogens is 2. The van der Waals surface area contributed by atoms with Crippen LogP contribution >= 0.6 is 11.6 Å². The number of aryl methyl sites for hydroxylation is 1. The van der Waals surface area contributed by atoms with Crippen LogP contribution in [0.4, 0.5) is 4.39 Å². The van der Waals surface area contributed by atoms with Gasteiger partial charge in [0.1, 0.15) is 5.82 Å². The number of oxazole rings is 1. The standard InChI is InChI=1S/C15H16ClFN2O/c16-10-3-6-13(17)12(8-10)14-9-19-15(20-14)2-1-7-18-11-4-5-11/h3,6,8-9,11,18H,1-2,4-5,7H2. The van der Waals surface area contributed by atoms with Crippen LogP contribution in [0, 0.1) is 5.82 Å². The van der Waals surface area contributed by atoms with Gasteiger partial charge in [-0.15, -0.1) is 0 Å². The Bertz CT molecular complexity index is 595. The van der Waals surface area contributed by atoms with E-state index in [1.165, 1.54) is 25.0 Å². The molecule has 1 heterocycles. The highest BCUT2D eigenvalue weighted by molar-refractivity contribution is 6.30. The summed E-state index contributed by atoms with van der Waals surface area (Å²) in [6.07, 6.45) is 5.85. The van der Waals surface area contributed by atoms with Crippen molar-refractivity contribution in [3.8, 4) is 11.3 Å². The monoisotopic (exact) mass is 294 g/mol. The van der Waals surface area contributed by atoms with Crippen LogP contribution < -0.4 is 5.32 Å². The lowest BCUT2D eigenvalue weighted by atomic mass is 10.2. The van der Waals surface area contributed by atoms with Gasteiger partial charge in [-0.3, -0.25) is 0 Å². The molecule has 0 bridgehead atoms. The molecule has 1 N–H and O–H groups in total. The fourth-order valence-corrected chi connectivity index (χ4v) is 2.24. The van der Waals surface area contributed by atoms with Crippen LogP contribution in [-0.2, 0) is 6.42 Å². The first-order valence-electron chi connectivity index (χ1n) is 6.86. The van der Waals surface area contributed by atoms with E-state index >= 15 is 0 Å². The van der Waals surface area contributed by atoms with Gasteiger partial charge in [0.05, 0.1) is 11.8 Å². The highest BCUT2D eigenvalue weighted by Crippen LogP contribution is 2.27. The van der Waals surface area contributed by atoms with Crippen molar-refractivity contribution >= 4 is 11.6 Å². The molecule has 1 saturated carbocycles. The Labute approximate surface area is 122 Å². The third-order valence-electron chi connectivity index (χ3n) is 3.33. The average molecular weight is 295 g/mol. The number of hydrogen-bond donors (Lipinski definition) is 1. The summed E-state index contributed by atoms with van der Waals surface area (Å²) in [4.78, 5) is 4.19. The molecule has 0 saturated heterocycles. The fraction of sp³-hybridized carbons (Fsp3) is 0.400. The summed E-state index contributed by atoms with van der Waals surface area (Å²) in [7, 11) is 0. The van der Waals surface area contributed by atoms with E-state index in [2.05, 4.69) is 10.3 Å². The summed E-state index contributed by atoms with van der Waals surface area (Å²) < 4.78 is 19.3. The predicted octanol–water partition coefficient (Wildman–Crippen LogP) is 3.82. The van der Waals surface area contributed by atoms with E-state index < -0.39 is 0 Å². The maximum atomic E-state index is 13.7. The Hall–Kier alpha value is -1.39. The number of nitrogens with zero attached hydrogens (tertiary/aromatic N) is 1. The van der Waals surface area contributed by atoms with E-state index in [0.717, 1.165) is 25.4 Å². The second kappa shape index (κ2) is 5.94. The van der Waals surface area contributed by atoms with Crippen molar-refractivity contribution < 1.29 is 8.81 Å². The number of aromatic nitrogens is 1. The largest absolute Gasteiger partial charge is 0.441 e. The fourth-order valence-electron chi connectivity index (χ4n) is 2.07. The second-order valence-electron chi connectivity index (χ2n) is 5.07. The van der Waals surface area contributed by atoms with Gasteiger partial charge in [-0.05, 0) is 44.0 Å². The molecule has 106 valence electrons. The van der Waals surface area contributed by atoms with Gasteiger partial charge >= 0.3 is 0 Å². The Morgan fingerprint density at radius 2 is 2.25 bits per heavy atom. The van der Waals surface area contributed by atoms with E-state index in [-0.39, 0.29) is 5.82 Å². The van der Waals surface area contributed by atoms with E-state index in [0.29, 0.717) is 22.2 Å². The van der Waals surface area contributed by atoms with Gasteiger partial charge in [-0.1, -0.05) is 11.6 Å². The first kappa shape index (κ1) is 13.6. The minimum atomic E-state index is -0.354. The summed E-state index contributed by atoms with van der Waals surface area (Å²) in [5.41, 5.74) is 0.354. The summed E-state index contributed by atoms with van der Waals surface area (Å²) >= 11 is 5.87. The zero-order chi connectivity index (χ0) is 13.9. The van der Waals surface area contributed by atoms with Crippen molar-refractivity contribution in [1.29, 1.82) is 0 Å². The van der Waals surface area contributed by atoms with Crippen molar-refractivity contribution in [2.45, 2.75) is 31.7 Å². The van der Waals surface area contributed by atoms with E-state index in [1.807, 2.05) is 0 Å². The maximum absolute atomic E-state index is 13.7. The van der Waals surface area contributed by atoms with Crippen molar-refractivity contribution in [3.63, 3.8) is 0 Å². The lowest BCUT2D eigenvalue weighted by Crippen LogP contribution is -2.17. The van der Waals surface area contributed by atoms with Crippen molar-refractivity contribution in [2.24, 2.45) is 0 Å². The predicted molar refractivity (Wildman–Crippen MR) is 76.3 cm³/mol. The van der Waals surface area contributed by atoms with Crippen molar-refractivity contribution in [1.82, 2.24) is 10.3 Å². The second-order valence-corrected chi connectivity index (χ2v) is 5.51. The first-order valence-corrected chi connectivity index (χ1v) is 7.23. The van der Waals surface area contributed by atoms with Gasteiger partial charge in [-0.2, -0.15) is 0 Å². The minimum absolute atomic E-state index is 0.354. The molecule has 0 radical (unpaired) electrons. The number of nitrogens with one attached hydrogen (secondary N) is 1. The molecule has 2 aromatic rings. The molecule has 0 unspecified atom stereocenters. The molecule has 1 aromatic heterocycles. The molecule has 1 aromatic carbocycles. The smallest absolute Gasteiger partial charge is 0.194 e. The third kappa shape index (κ3) is 3.38. The van der Waals surface area contributed by atoms with Gasteiger partial charge in [0.2, 0.25) is 0 Å². The topological polar surface area (TPSA) is 38.1 Å². The Balaban J connectivity index is 1.61. The molecule has 0 aliphatic heterocycles. The molecule has 0 atom stereocenters. The van der Waals surface area contributed by atoms with E-state index in [1.54, 1.807) is 12.3 Å². The highest BCUT2D eigenvalue weighted by Gasteiger charge is 2.19. The van der Waals surface area contributed by atoms with Gasteiger partial charge in [-0.25, -0.2) is 9.37 Å². The lowest BCUT2D eigenvalue weighted by molar-refractivity contribution is 0.488. The van der Waals surface area contributed by atoms with Gasteiger partial charge in [0, 0.05) is 17.5 Å². The van der Waals surface area contributed by atoms with E-state index in [4.69, 9.17) is 16.0 Å². The lowest BCUT2D eigenvalue weighted by Gasteiger charge is -2.01. The Morgan fingerprint density at radius 1 is 1.40 bits per heavy atom. The zero-order valence-electron chi connectivity index (χ0n) is 11.0. The molecular formula is C15H16ClFN2O. The van der Waals surface area contributed by atoms with Gasteiger partial charge in [0.25, 0.3) is 0 Å². The molecule has 20 heavy (non-hydrogen) atoms. The van der Waals surface area contributed by atoms with Crippen LogP contribution in [0.1, 0.15) is 25.2 Å². The Morgan fingerprint density at radius 3 is 3.05 bits per heavy atom. The molecule has 1 aliphatic carbocycles. The van der Waals surface area contributed by atoms with Gasteiger partial charge in [0.15, 0.2) is 11.7 Å². The van der Waals surface area contributed by atoms with Gasteiger partial charge < -0.3 is 9.73 Å². The molecule has 1 fully saturated rings. The van der Waals surface area contributed by atoms with Crippen molar-refractivity contribution in [2.75, 3.05) is 6.54 Å². The van der Waals surface area contributed by atoms with Crippen LogP contribution in [0.5, 0.6) is 0 Å². The summed E-state index contributed by atoms with van der Waals surface area (Å²) in [6, 6.07) is 5.12. The summed E-state index contributed by atoms with van der Waals surface area (Å²) in [5, 5.41) is 3.91. The quantitative estimate of drug-likeness (QED) is 0.823. The highest BCUT2D eigenvalue weighted by atomic mass is 35.5. The normalized spacial score (nSPS) is 14.7. The molecule has 3 nitrogen and oxygen atoms in total. The SMILES string of the molecule is Fc1ccc(Cl)cc1-c1cnc(CCCNC2CC2)o1. The molecule has 5 heteroatoms. The van der Waals surface area contributed by atoms with Crippen LogP contribution in [0.25, 0.3) is 11.3 Å². The number of rotatable bonds is 6. The van der Waals surface area contributed by atoms with Crippen LogP contribution in [0.2, 0.25) is 5.02 Å². The zero-order valence-corrected chi connectivity index (χ0v) is 11.8. The number of hydrogen-bond acceptors (Lipinski definition) is 3. The molecule has 0 amide bonds. The summed E-state index contributed by atoms with van der Waals surface area (Å²) in [6.45, 7) is 0.966. The van der Waals surface area contributed by atoms with E-state index in [9.17, 15) is 4.39 Å². The first-order chi connectivity index (χ1) is 9.72. The molecule has 0 spiro atoms. The third-order valence-corrected chi connectivity index (χ3v) is 3.56. The van der Waals surface area contributed by atoms with Crippen LogP contribution in [0.15, 0.2) is 28.8 Å². The number of benzene rings is 1. The van der Waals surface area contributed by atoms with Crippen LogP contribution in [-0.4, -0.2) is 17.6 Å². The summed E-state index contributed by atoms with van der Waals surface area (Å²) in [5.74, 6) is 0.708. The Kier molecular flexibility index (Phi) is 4.03. The molecule has 1 aliphatic rings. The maximum Gasteiger partial charge on any atom is 0.194 e. The minimum Gasteiger partial charge on any atom is -0.441 e. The molecule has 3 rings (SSSR count). The van der Waals surface area contributed by atoms with Crippen molar-refractivity contribution in [3.05, 3.63) is 41.1 Å². The molecular weight excluding hydrogens is 279 g/mol. The van der Waals surface area contributed by atoms with Crippen LogP contribution in [0.3, 0.4) is 0 Å². The average Bonchev–Trinajstić information content (AvgIpc) is 3.15.